The molecule has 2 rings (SSSR count). The van der Waals surface area contributed by atoms with E-state index in [1.165, 1.54) is 25.1 Å². The number of carboxylic acids is 1. The Balaban J connectivity index is 2.49. The number of nitrogens with zero attached hydrogens (tertiary/aromatic N) is 1. The predicted octanol–water partition coefficient (Wildman–Crippen LogP) is 0.0412. The number of hydrogen-bond donors (Lipinski definition) is 2. The fraction of sp³-hybridized carbons (Fsp3) is 0.429. The lowest BCUT2D eigenvalue weighted by molar-refractivity contribution is -0.142. The third-order valence-corrected chi connectivity index (χ3v) is 5.19. The maximum atomic E-state index is 12.3. The molecular weight excluding hydrogens is 326 g/mol. The molecule has 1 heterocycles. The molecule has 0 fully saturated rings. The number of sulfone groups is 1. The van der Waals surface area contributed by atoms with Crippen LogP contribution in [0.2, 0.25) is 0 Å². The van der Waals surface area contributed by atoms with Gasteiger partial charge in [-0.05, 0) is 18.2 Å². The Morgan fingerprint density at radius 3 is 2.65 bits per heavy atom. The van der Waals surface area contributed by atoms with E-state index in [1.807, 2.05) is 0 Å². The number of carbonyl (C=O) groups excluding carboxylic acids is 1. The van der Waals surface area contributed by atoms with Crippen molar-refractivity contribution in [2.75, 3.05) is 23.8 Å². The third kappa shape index (κ3) is 3.45. The summed E-state index contributed by atoms with van der Waals surface area (Å²) in [5, 5.41) is 18.0. The Morgan fingerprint density at radius 1 is 1.39 bits per heavy atom. The Labute approximate surface area is 133 Å². The van der Waals surface area contributed by atoms with E-state index in [0.29, 0.717) is 0 Å². The van der Waals surface area contributed by atoms with Crippen LogP contribution in [0.15, 0.2) is 23.1 Å². The number of fused-ring (bicyclic) bond motifs is 1. The molecule has 0 saturated heterocycles. The molecule has 0 saturated carbocycles. The molecule has 0 spiro atoms. The van der Waals surface area contributed by atoms with Crippen LogP contribution in [0.3, 0.4) is 0 Å². The Morgan fingerprint density at radius 2 is 2.09 bits per heavy atom. The number of carbonyl (C=O) groups is 2. The Bertz CT molecular complexity index is 729. The van der Waals surface area contributed by atoms with E-state index in [-0.39, 0.29) is 35.2 Å². The zero-order chi connectivity index (χ0) is 17.2. The molecule has 1 unspecified atom stereocenters. The molecule has 0 bridgehead atoms. The molecule has 1 aliphatic heterocycles. The van der Waals surface area contributed by atoms with Gasteiger partial charge in [-0.3, -0.25) is 9.59 Å². The highest BCUT2D eigenvalue weighted by Crippen LogP contribution is 2.36. The van der Waals surface area contributed by atoms with Crippen LogP contribution in [0.25, 0.3) is 0 Å². The van der Waals surface area contributed by atoms with Crippen molar-refractivity contribution < 1.29 is 33.0 Å². The lowest BCUT2D eigenvalue weighted by Gasteiger charge is -2.33. The number of ether oxygens (including phenoxy) is 1. The highest BCUT2D eigenvalue weighted by Gasteiger charge is 2.36. The van der Waals surface area contributed by atoms with Gasteiger partial charge in [0.25, 0.3) is 5.91 Å². The van der Waals surface area contributed by atoms with Crippen LogP contribution in [0, 0.1) is 0 Å². The number of anilines is 1. The second-order valence-electron chi connectivity index (χ2n) is 4.95. The van der Waals surface area contributed by atoms with Crippen molar-refractivity contribution in [3.63, 3.8) is 0 Å². The van der Waals surface area contributed by atoms with E-state index in [9.17, 15) is 18.0 Å². The van der Waals surface area contributed by atoms with Gasteiger partial charge in [0.05, 0.1) is 29.4 Å². The van der Waals surface area contributed by atoms with Crippen LogP contribution in [0.4, 0.5) is 5.69 Å². The zero-order valence-electron chi connectivity index (χ0n) is 12.4. The van der Waals surface area contributed by atoms with E-state index in [4.69, 9.17) is 14.9 Å². The predicted molar refractivity (Wildman–Crippen MR) is 80.3 cm³/mol. The Hall–Kier alpha value is -2.13. The van der Waals surface area contributed by atoms with Gasteiger partial charge in [0.1, 0.15) is 5.75 Å². The summed E-state index contributed by atoms with van der Waals surface area (Å²) in [7, 11) is -3.47. The number of β-amino-alcohol motifs (C(OH)–C–C–N with tert-alkyl or cyclic N) is 1. The first kappa shape index (κ1) is 17.2. The third-order valence-electron chi connectivity index (χ3n) is 3.45. The molecule has 0 aliphatic carbocycles. The van der Waals surface area contributed by atoms with Gasteiger partial charge in [0.15, 0.2) is 15.9 Å². The average molecular weight is 343 g/mol. The van der Waals surface area contributed by atoms with Crippen molar-refractivity contribution in [2.24, 2.45) is 0 Å². The van der Waals surface area contributed by atoms with Crippen LogP contribution in [0.1, 0.15) is 13.3 Å². The summed E-state index contributed by atoms with van der Waals surface area (Å²) in [6, 6.07) is 4.05. The lowest BCUT2D eigenvalue weighted by Crippen LogP contribution is -2.48. The molecule has 1 aromatic rings. The topological polar surface area (TPSA) is 121 Å². The minimum atomic E-state index is -3.47. The zero-order valence-corrected chi connectivity index (χ0v) is 13.2. The van der Waals surface area contributed by atoms with E-state index in [0.717, 1.165) is 4.90 Å². The van der Waals surface area contributed by atoms with Crippen LogP contribution < -0.4 is 9.64 Å². The van der Waals surface area contributed by atoms with Gasteiger partial charge < -0.3 is 19.8 Å². The first-order chi connectivity index (χ1) is 10.8. The van der Waals surface area contributed by atoms with Crippen LogP contribution in [-0.2, 0) is 19.4 Å². The van der Waals surface area contributed by atoms with Gasteiger partial charge in [-0.25, -0.2) is 8.42 Å². The maximum Gasteiger partial charge on any atom is 0.307 e. The van der Waals surface area contributed by atoms with Gasteiger partial charge >= 0.3 is 5.97 Å². The van der Waals surface area contributed by atoms with Crippen LogP contribution >= 0.6 is 0 Å². The van der Waals surface area contributed by atoms with Crippen LogP contribution in [-0.4, -0.2) is 55.5 Å². The van der Waals surface area contributed by atoms with E-state index >= 15 is 0 Å². The monoisotopic (exact) mass is 343 g/mol. The molecule has 2 N–H and O–H groups in total. The molecule has 0 radical (unpaired) electrons. The minimum Gasteiger partial charge on any atom is -0.481 e. The highest BCUT2D eigenvalue weighted by atomic mass is 32.2. The van der Waals surface area contributed by atoms with E-state index in [2.05, 4.69) is 0 Å². The molecule has 1 aromatic carbocycles. The smallest absolute Gasteiger partial charge is 0.307 e. The highest BCUT2D eigenvalue weighted by molar-refractivity contribution is 7.91. The summed E-state index contributed by atoms with van der Waals surface area (Å²) in [5.74, 6) is -1.71. The van der Waals surface area contributed by atoms with Crippen molar-refractivity contribution in [2.45, 2.75) is 24.3 Å². The standard InChI is InChI=1S/C14H17NO7S/c1-2-23(20,21)9-3-4-11-10(7-9)15(5-6-16)14(19)12(22-11)8-13(17)18/h3-4,7,12,16H,2,5-6,8H2,1H3,(H,17,18). The minimum absolute atomic E-state index is 0.0368. The molecule has 1 aliphatic rings. The second-order valence-corrected chi connectivity index (χ2v) is 7.23. The molecule has 126 valence electrons. The number of rotatable bonds is 6. The quantitative estimate of drug-likeness (QED) is 0.748. The average Bonchev–Trinajstić information content (AvgIpc) is 2.50. The van der Waals surface area contributed by atoms with Crippen molar-refractivity contribution in [1.82, 2.24) is 0 Å². The molecule has 0 aromatic heterocycles. The van der Waals surface area contributed by atoms with Gasteiger partial charge in [0.2, 0.25) is 0 Å². The number of amides is 1. The fourth-order valence-electron chi connectivity index (χ4n) is 2.28. The number of aliphatic hydroxyl groups excluding tert-OH is 1. The summed E-state index contributed by atoms with van der Waals surface area (Å²) in [5.41, 5.74) is 0.209. The fourth-order valence-corrected chi connectivity index (χ4v) is 3.18. The summed E-state index contributed by atoms with van der Waals surface area (Å²) >= 11 is 0. The molecule has 9 heteroatoms. The first-order valence-corrected chi connectivity index (χ1v) is 8.63. The van der Waals surface area contributed by atoms with E-state index < -0.39 is 34.2 Å². The van der Waals surface area contributed by atoms with Crippen molar-refractivity contribution >= 4 is 27.4 Å². The normalized spacial score (nSPS) is 17.6. The Kier molecular flexibility index (Phi) is 4.90. The number of hydrogen-bond acceptors (Lipinski definition) is 6. The number of carboxylic acid groups (broad SMARTS) is 1. The largest absolute Gasteiger partial charge is 0.481 e. The summed E-state index contributed by atoms with van der Waals surface area (Å²) in [6.07, 6.45) is -1.73. The van der Waals surface area contributed by atoms with Gasteiger partial charge in [-0.2, -0.15) is 0 Å². The van der Waals surface area contributed by atoms with Crippen LogP contribution in [0.5, 0.6) is 5.75 Å². The van der Waals surface area contributed by atoms with Gasteiger partial charge in [-0.1, -0.05) is 6.92 Å². The number of benzene rings is 1. The van der Waals surface area contributed by atoms with Crippen molar-refractivity contribution in [3.8, 4) is 5.75 Å². The summed E-state index contributed by atoms with van der Waals surface area (Å²) < 4.78 is 29.3. The first-order valence-electron chi connectivity index (χ1n) is 6.97. The maximum absolute atomic E-state index is 12.3. The molecule has 1 amide bonds. The molecule has 23 heavy (non-hydrogen) atoms. The molecule has 1 atom stereocenters. The van der Waals surface area contributed by atoms with E-state index in [1.54, 1.807) is 0 Å². The van der Waals surface area contributed by atoms with Gasteiger partial charge in [-0.15, -0.1) is 0 Å². The lowest BCUT2D eigenvalue weighted by atomic mass is 10.1. The van der Waals surface area contributed by atoms with Crippen molar-refractivity contribution in [1.29, 1.82) is 0 Å². The SMILES string of the molecule is CCS(=O)(=O)c1ccc2c(c1)N(CCO)C(=O)C(CC(=O)O)O2. The van der Waals surface area contributed by atoms with Gasteiger partial charge in [0, 0.05) is 6.54 Å². The molecule has 8 nitrogen and oxygen atoms in total. The van der Waals surface area contributed by atoms with Crippen molar-refractivity contribution in [3.05, 3.63) is 18.2 Å². The summed E-state index contributed by atoms with van der Waals surface area (Å²) in [4.78, 5) is 24.3. The number of aliphatic hydroxyl groups is 1. The molecular formula is C14H17NO7S. The summed E-state index contributed by atoms with van der Waals surface area (Å²) in [6.45, 7) is 1.07. The number of aliphatic carboxylic acids is 1. The second kappa shape index (κ2) is 6.55.